The van der Waals surface area contributed by atoms with Crippen LogP contribution in [-0.2, 0) is 4.79 Å². The molecule has 1 heterocycles. The Morgan fingerprint density at radius 3 is 2.67 bits per heavy atom. The lowest BCUT2D eigenvalue weighted by Crippen LogP contribution is -2.18. The average molecular weight is 206 g/mol. The predicted molar refractivity (Wildman–Crippen MR) is 51.9 cm³/mol. The lowest BCUT2D eigenvalue weighted by molar-refractivity contribution is -0.107. The Morgan fingerprint density at radius 1 is 1.42 bits per heavy atom. The quantitative estimate of drug-likeness (QED) is 0.406. The summed E-state index contributed by atoms with van der Waals surface area (Å²) in [7, 11) is 0. The van der Waals surface area contributed by atoms with E-state index in [2.05, 4.69) is 0 Å². The van der Waals surface area contributed by atoms with Crippen LogP contribution >= 0.6 is 23.5 Å². The lowest BCUT2D eigenvalue weighted by Gasteiger charge is -2.19. The SMILES string of the molecule is O=CC(O)=C(O)C1CSCCS1. The highest BCUT2D eigenvalue weighted by molar-refractivity contribution is 8.06. The number of aliphatic hydroxyl groups excluding tert-OH is 2. The first-order chi connectivity index (χ1) is 5.75. The van der Waals surface area contributed by atoms with E-state index >= 15 is 0 Å². The lowest BCUT2D eigenvalue weighted by atomic mass is 10.3. The Hall–Kier alpha value is -0.290. The van der Waals surface area contributed by atoms with E-state index in [1.807, 2.05) is 0 Å². The van der Waals surface area contributed by atoms with Gasteiger partial charge in [0.25, 0.3) is 0 Å². The van der Waals surface area contributed by atoms with Gasteiger partial charge in [-0.25, -0.2) is 0 Å². The van der Waals surface area contributed by atoms with Gasteiger partial charge in [0.15, 0.2) is 17.8 Å². The van der Waals surface area contributed by atoms with Gasteiger partial charge in [-0.3, -0.25) is 4.79 Å². The maximum atomic E-state index is 10.1. The minimum absolute atomic E-state index is 0.117. The average Bonchev–Trinajstić information content (AvgIpc) is 2.17. The molecule has 0 radical (unpaired) electrons. The van der Waals surface area contributed by atoms with Crippen LogP contribution in [0.5, 0.6) is 0 Å². The van der Waals surface area contributed by atoms with Gasteiger partial charge in [-0.15, -0.1) is 11.8 Å². The molecule has 3 nitrogen and oxygen atoms in total. The molecule has 1 fully saturated rings. The van der Waals surface area contributed by atoms with Gasteiger partial charge in [0.2, 0.25) is 0 Å². The molecule has 68 valence electrons. The molecule has 0 amide bonds. The largest absolute Gasteiger partial charge is 0.507 e. The molecule has 1 atom stereocenters. The molecule has 1 saturated heterocycles. The van der Waals surface area contributed by atoms with Crippen molar-refractivity contribution in [3.8, 4) is 0 Å². The summed E-state index contributed by atoms with van der Waals surface area (Å²) in [4.78, 5) is 10.1. The molecule has 0 spiro atoms. The number of aldehydes is 1. The molecule has 0 aromatic rings. The Kier molecular flexibility index (Phi) is 3.81. The third-order valence-corrected chi connectivity index (χ3v) is 4.26. The van der Waals surface area contributed by atoms with E-state index in [0.29, 0.717) is 0 Å². The van der Waals surface area contributed by atoms with Crippen LogP contribution in [0.15, 0.2) is 11.5 Å². The van der Waals surface area contributed by atoms with Crippen molar-refractivity contribution in [2.75, 3.05) is 17.3 Å². The zero-order chi connectivity index (χ0) is 8.97. The standard InChI is InChI=1S/C7H10O3S2/c8-3-5(9)7(10)6-4-11-1-2-12-6/h3,6,9-10H,1-2,4H2. The summed E-state index contributed by atoms with van der Waals surface area (Å²) in [5, 5.41) is 18.1. The van der Waals surface area contributed by atoms with Gasteiger partial charge in [0.1, 0.15) is 0 Å². The Labute approximate surface area is 79.2 Å². The molecule has 5 heteroatoms. The summed E-state index contributed by atoms with van der Waals surface area (Å²) in [5.74, 6) is 2.06. The van der Waals surface area contributed by atoms with Gasteiger partial charge in [-0.05, 0) is 0 Å². The number of allylic oxidation sites excluding steroid dienone is 1. The number of rotatable bonds is 2. The fourth-order valence-corrected chi connectivity index (χ4v) is 3.50. The van der Waals surface area contributed by atoms with E-state index in [1.54, 1.807) is 23.5 Å². The van der Waals surface area contributed by atoms with Crippen molar-refractivity contribution in [1.82, 2.24) is 0 Å². The van der Waals surface area contributed by atoms with Gasteiger partial charge >= 0.3 is 0 Å². The monoisotopic (exact) mass is 206 g/mol. The van der Waals surface area contributed by atoms with E-state index < -0.39 is 5.76 Å². The highest BCUT2D eigenvalue weighted by Crippen LogP contribution is 2.28. The third-order valence-electron chi connectivity index (χ3n) is 1.49. The Balaban J connectivity index is 2.61. The van der Waals surface area contributed by atoms with Crippen molar-refractivity contribution < 1.29 is 15.0 Å². The molecule has 0 aromatic carbocycles. The van der Waals surface area contributed by atoms with Gasteiger partial charge in [0, 0.05) is 17.3 Å². The smallest absolute Gasteiger partial charge is 0.194 e. The number of carbonyl (C=O) groups is 1. The summed E-state index contributed by atoms with van der Waals surface area (Å²) >= 11 is 3.28. The second kappa shape index (κ2) is 4.67. The molecule has 2 N–H and O–H groups in total. The summed E-state index contributed by atoms with van der Waals surface area (Å²) in [6.45, 7) is 0. The molecule has 12 heavy (non-hydrogen) atoms. The highest BCUT2D eigenvalue weighted by Gasteiger charge is 2.21. The zero-order valence-corrected chi connectivity index (χ0v) is 8.03. The summed E-state index contributed by atoms with van der Waals surface area (Å²) in [6, 6.07) is 0. The molecule has 0 aromatic heterocycles. The van der Waals surface area contributed by atoms with Crippen LogP contribution in [0.25, 0.3) is 0 Å². The van der Waals surface area contributed by atoms with Crippen LogP contribution in [0.4, 0.5) is 0 Å². The first-order valence-corrected chi connectivity index (χ1v) is 5.72. The minimum Gasteiger partial charge on any atom is -0.507 e. The van der Waals surface area contributed by atoms with Crippen molar-refractivity contribution in [2.24, 2.45) is 0 Å². The van der Waals surface area contributed by atoms with Gasteiger partial charge in [-0.2, -0.15) is 11.8 Å². The van der Waals surface area contributed by atoms with Gasteiger partial charge in [0.05, 0.1) is 5.25 Å². The van der Waals surface area contributed by atoms with Crippen molar-refractivity contribution in [3.05, 3.63) is 11.5 Å². The molecule has 0 saturated carbocycles. The van der Waals surface area contributed by atoms with Crippen molar-refractivity contribution in [1.29, 1.82) is 0 Å². The maximum Gasteiger partial charge on any atom is 0.194 e. The van der Waals surface area contributed by atoms with Crippen LogP contribution in [0.2, 0.25) is 0 Å². The van der Waals surface area contributed by atoms with Crippen LogP contribution in [0, 0.1) is 0 Å². The molecule has 1 aliphatic heterocycles. The molecular weight excluding hydrogens is 196 g/mol. The third kappa shape index (κ3) is 2.35. The van der Waals surface area contributed by atoms with E-state index in [-0.39, 0.29) is 17.3 Å². The minimum atomic E-state index is -0.532. The van der Waals surface area contributed by atoms with E-state index in [4.69, 9.17) is 5.11 Å². The van der Waals surface area contributed by atoms with E-state index in [9.17, 15) is 9.90 Å². The van der Waals surface area contributed by atoms with Crippen molar-refractivity contribution in [2.45, 2.75) is 5.25 Å². The first-order valence-electron chi connectivity index (χ1n) is 3.52. The number of hydrogen-bond acceptors (Lipinski definition) is 5. The maximum absolute atomic E-state index is 10.1. The van der Waals surface area contributed by atoms with E-state index in [1.165, 1.54) is 0 Å². The topological polar surface area (TPSA) is 57.5 Å². The van der Waals surface area contributed by atoms with Gasteiger partial charge in [-0.1, -0.05) is 0 Å². The zero-order valence-electron chi connectivity index (χ0n) is 6.40. The predicted octanol–water partition coefficient (Wildman–Crippen LogP) is 1.36. The molecule has 1 unspecified atom stereocenters. The molecule has 0 bridgehead atoms. The molecule has 0 aliphatic carbocycles. The summed E-state index contributed by atoms with van der Waals surface area (Å²) < 4.78 is 0. The number of hydrogen-bond donors (Lipinski definition) is 2. The van der Waals surface area contributed by atoms with Crippen LogP contribution in [0.1, 0.15) is 0 Å². The van der Waals surface area contributed by atoms with Gasteiger partial charge < -0.3 is 10.2 Å². The highest BCUT2D eigenvalue weighted by atomic mass is 32.2. The molecule has 1 aliphatic rings. The normalized spacial score (nSPS) is 26.2. The summed E-state index contributed by atoms with van der Waals surface area (Å²) in [5.41, 5.74) is 0. The fourth-order valence-electron chi connectivity index (χ4n) is 0.871. The van der Waals surface area contributed by atoms with Crippen molar-refractivity contribution >= 4 is 29.8 Å². The molecule has 1 rings (SSSR count). The molecular formula is C7H10O3S2. The van der Waals surface area contributed by atoms with Crippen LogP contribution in [-0.4, -0.2) is 39.0 Å². The fraction of sp³-hybridized carbons (Fsp3) is 0.571. The van der Waals surface area contributed by atoms with Crippen molar-refractivity contribution in [3.63, 3.8) is 0 Å². The van der Waals surface area contributed by atoms with Crippen LogP contribution < -0.4 is 0 Å². The first kappa shape index (κ1) is 9.80. The number of thioether (sulfide) groups is 2. The number of carbonyl (C=O) groups excluding carboxylic acids is 1. The number of aliphatic hydroxyl groups is 2. The van der Waals surface area contributed by atoms with Crippen LogP contribution in [0.3, 0.4) is 0 Å². The Morgan fingerprint density at radius 2 is 2.17 bits per heavy atom. The summed E-state index contributed by atoms with van der Waals surface area (Å²) in [6.07, 6.45) is 0.273. The second-order valence-corrected chi connectivity index (χ2v) is 4.78. The second-order valence-electron chi connectivity index (χ2n) is 2.32. The Bertz CT molecular complexity index is 197. The van der Waals surface area contributed by atoms with E-state index in [0.717, 1.165) is 17.3 Å².